The fourth-order valence-corrected chi connectivity index (χ4v) is 1.59. The number of ether oxygens (including phenoxy) is 1. The quantitative estimate of drug-likeness (QED) is 0.866. The molecule has 1 amide bonds. The Labute approximate surface area is 119 Å². The molecule has 0 fully saturated rings. The second kappa shape index (κ2) is 6.93. The van der Waals surface area contributed by atoms with Crippen LogP contribution in [0.25, 0.3) is 0 Å². The Morgan fingerprint density at radius 3 is 2.50 bits per heavy atom. The van der Waals surface area contributed by atoms with Gasteiger partial charge in [-0.3, -0.25) is 4.79 Å². The molecule has 0 bridgehead atoms. The molecule has 20 heavy (non-hydrogen) atoms. The molecule has 0 saturated carbocycles. The predicted octanol–water partition coefficient (Wildman–Crippen LogP) is 2.12. The van der Waals surface area contributed by atoms with Gasteiger partial charge < -0.3 is 14.7 Å². The van der Waals surface area contributed by atoms with Crippen molar-refractivity contribution in [2.45, 2.75) is 32.7 Å². The van der Waals surface area contributed by atoms with Crippen molar-refractivity contribution in [2.75, 3.05) is 13.7 Å². The molecule has 0 spiro atoms. The van der Waals surface area contributed by atoms with E-state index in [1.165, 1.54) is 14.0 Å². The lowest BCUT2D eigenvalue weighted by Crippen LogP contribution is -2.42. The summed E-state index contributed by atoms with van der Waals surface area (Å²) in [4.78, 5) is 23.8. The maximum atomic E-state index is 11.8. The minimum absolute atomic E-state index is 0.171. The first-order valence-electron chi connectivity index (χ1n) is 6.54. The van der Waals surface area contributed by atoms with E-state index in [-0.39, 0.29) is 12.5 Å². The van der Waals surface area contributed by atoms with Gasteiger partial charge in [0.15, 0.2) is 6.61 Å². The van der Waals surface area contributed by atoms with Crippen molar-refractivity contribution in [3.8, 4) is 5.75 Å². The highest BCUT2D eigenvalue weighted by atomic mass is 16.5. The number of amides is 1. The summed E-state index contributed by atoms with van der Waals surface area (Å²) >= 11 is 0. The third-order valence-corrected chi connectivity index (χ3v) is 3.22. The van der Waals surface area contributed by atoms with Crippen molar-refractivity contribution >= 4 is 11.9 Å². The highest BCUT2D eigenvalue weighted by Gasteiger charge is 2.21. The topological polar surface area (TPSA) is 66.8 Å². The monoisotopic (exact) mass is 279 g/mol. The molecule has 1 aromatic carbocycles. The average molecular weight is 279 g/mol. The summed E-state index contributed by atoms with van der Waals surface area (Å²) in [5, 5.41) is 8.85. The standard InChI is InChI=1S/C15H21NO4/c1-10(2)12-6-5-7-13(8-12)20-9-14(17)16(4)11(3)15(18)19/h5-8,10-11H,9H2,1-4H3,(H,18,19). The second-order valence-electron chi connectivity index (χ2n) is 5.03. The summed E-state index contributed by atoms with van der Waals surface area (Å²) < 4.78 is 5.43. The van der Waals surface area contributed by atoms with E-state index in [1.807, 2.05) is 18.2 Å². The van der Waals surface area contributed by atoms with Crippen LogP contribution in [0.15, 0.2) is 24.3 Å². The van der Waals surface area contributed by atoms with Gasteiger partial charge in [0.05, 0.1) is 0 Å². The number of carbonyl (C=O) groups excluding carboxylic acids is 1. The smallest absolute Gasteiger partial charge is 0.326 e. The molecule has 0 heterocycles. The van der Waals surface area contributed by atoms with Crippen molar-refractivity contribution in [1.29, 1.82) is 0 Å². The minimum Gasteiger partial charge on any atom is -0.484 e. The maximum absolute atomic E-state index is 11.8. The summed E-state index contributed by atoms with van der Waals surface area (Å²) in [6.45, 7) is 5.44. The normalized spacial score (nSPS) is 12.1. The maximum Gasteiger partial charge on any atom is 0.326 e. The first-order valence-corrected chi connectivity index (χ1v) is 6.54. The van der Waals surface area contributed by atoms with Crippen LogP contribution in [0.5, 0.6) is 5.75 Å². The Kier molecular flexibility index (Phi) is 5.55. The lowest BCUT2D eigenvalue weighted by atomic mass is 10.0. The number of carboxylic acids is 1. The molecule has 0 radical (unpaired) electrons. The van der Waals surface area contributed by atoms with Crippen molar-refractivity contribution in [2.24, 2.45) is 0 Å². The SMILES string of the molecule is CC(C)c1cccc(OCC(=O)N(C)C(C)C(=O)O)c1. The van der Waals surface area contributed by atoms with E-state index in [1.54, 1.807) is 6.07 Å². The molecule has 1 unspecified atom stereocenters. The van der Waals surface area contributed by atoms with E-state index in [4.69, 9.17) is 9.84 Å². The van der Waals surface area contributed by atoms with E-state index in [0.717, 1.165) is 10.5 Å². The summed E-state index contributed by atoms with van der Waals surface area (Å²) in [7, 11) is 1.45. The molecular formula is C15H21NO4. The van der Waals surface area contributed by atoms with Gasteiger partial charge in [0.25, 0.3) is 5.91 Å². The fourth-order valence-electron chi connectivity index (χ4n) is 1.59. The highest BCUT2D eigenvalue weighted by molar-refractivity contribution is 5.84. The van der Waals surface area contributed by atoms with Crippen molar-refractivity contribution < 1.29 is 19.4 Å². The lowest BCUT2D eigenvalue weighted by molar-refractivity contribution is -0.148. The van der Waals surface area contributed by atoms with E-state index in [2.05, 4.69) is 13.8 Å². The summed E-state index contributed by atoms with van der Waals surface area (Å²) in [5.74, 6) is -0.414. The van der Waals surface area contributed by atoms with E-state index in [0.29, 0.717) is 11.7 Å². The molecule has 1 N–H and O–H groups in total. The highest BCUT2D eigenvalue weighted by Crippen LogP contribution is 2.20. The van der Waals surface area contributed by atoms with E-state index < -0.39 is 12.0 Å². The number of rotatable bonds is 6. The zero-order chi connectivity index (χ0) is 15.3. The Hall–Kier alpha value is -2.04. The van der Waals surface area contributed by atoms with Gasteiger partial charge in [-0.1, -0.05) is 26.0 Å². The van der Waals surface area contributed by atoms with Gasteiger partial charge in [0.1, 0.15) is 11.8 Å². The van der Waals surface area contributed by atoms with Crippen LogP contribution in [0.4, 0.5) is 0 Å². The number of aliphatic carboxylic acids is 1. The molecule has 1 aromatic rings. The summed E-state index contributed by atoms with van der Waals surface area (Å²) in [6.07, 6.45) is 0. The number of carboxylic acid groups (broad SMARTS) is 1. The van der Waals surface area contributed by atoms with Crippen LogP contribution in [-0.2, 0) is 9.59 Å². The molecule has 1 rings (SSSR count). The number of nitrogens with zero attached hydrogens (tertiary/aromatic N) is 1. The van der Waals surface area contributed by atoms with Gasteiger partial charge in [0, 0.05) is 7.05 Å². The Morgan fingerprint density at radius 1 is 1.30 bits per heavy atom. The predicted molar refractivity (Wildman–Crippen MR) is 75.9 cm³/mol. The van der Waals surface area contributed by atoms with Gasteiger partial charge in [-0.15, -0.1) is 0 Å². The number of carbonyl (C=O) groups is 2. The molecular weight excluding hydrogens is 258 g/mol. The largest absolute Gasteiger partial charge is 0.484 e. The number of hydrogen-bond donors (Lipinski definition) is 1. The van der Waals surface area contributed by atoms with Crippen molar-refractivity contribution in [3.63, 3.8) is 0 Å². The molecule has 5 heteroatoms. The third-order valence-electron chi connectivity index (χ3n) is 3.22. The number of hydrogen-bond acceptors (Lipinski definition) is 3. The molecule has 0 aliphatic rings. The molecule has 0 aromatic heterocycles. The van der Waals surface area contributed by atoms with Gasteiger partial charge in [-0.2, -0.15) is 0 Å². The first kappa shape index (κ1) is 16.0. The number of benzene rings is 1. The minimum atomic E-state index is -1.04. The molecule has 0 aliphatic heterocycles. The molecule has 110 valence electrons. The Morgan fingerprint density at radius 2 is 1.95 bits per heavy atom. The lowest BCUT2D eigenvalue weighted by Gasteiger charge is -2.21. The van der Waals surface area contributed by atoms with Crippen LogP contribution in [0.2, 0.25) is 0 Å². The fraction of sp³-hybridized carbons (Fsp3) is 0.467. The first-order chi connectivity index (χ1) is 9.32. The van der Waals surface area contributed by atoms with Crippen LogP contribution in [-0.4, -0.2) is 41.6 Å². The van der Waals surface area contributed by atoms with Crippen molar-refractivity contribution in [3.05, 3.63) is 29.8 Å². The average Bonchev–Trinajstić information content (AvgIpc) is 2.43. The summed E-state index contributed by atoms with van der Waals surface area (Å²) in [6, 6.07) is 6.67. The zero-order valence-corrected chi connectivity index (χ0v) is 12.3. The van der Waals surface area contributed by atoms with Gasteiger partial charge in [-0.05, 0) is 30.5 Å². The Balaban J connectivity index is 2.61. The van der Waals surface area contributed by atoms with Gasteiger partial charge in [0.2, 0.25) is 0 Å². The van der Waals surface area contributed by atoms with Crippen LogP contribution in [0.3, 0.4) is 0 Å². The molecule has 5 nitrogen and oxygen atoms in total. The van der Waals surface area contributed by atoms with Gasteiger partial charge >= 0.3 is 5.97 Å². The van der Waals surface area contributed by atoms with Crippen molar-refractivity contribution in [1.82, 2.24) is 4.90 Å². The number of likely N-dealkylation sites (N-methyl/N-ethyl adjacent to an activating group) is 1. The van der Waals surface area contributed by atoms with Crippen LogP contribution < -0.4 is 4.74 Å². The van der Waals surface area contributed by atoms with Crippen LogP contribution >= 0.6 is 0 Å². The van der Waals surface area contributed by atoms with E-state index in [9.17, 15) is 9.59 Å². The third kappa shape index (κ3) is 4.26. The zero-order valence-electron chi connectivity index (χ0n) is 12.3. The second-order valence-corrected chi connectivity index (χ2v) is 5.03. The summed E-state index contributed by atoms with van der Waals surface area (Å²) in [5.41, 5.74) is 1.13. The van der Waals surface area contributed by atoms with Crippen LogP contribution in [0.1, 0.15) is 32.3 Å². The Bertz CT molecular complexity index is 485. The van der Waals surface area contributed by atoms with E-state index >= 15 is 0 Å². The molecule has 0 saturated heterocycles. The van der Waals surface area contributed by atoms with Gasteiger partial charge in [-0.25, -0.2) is 4.79 Å². The van der Waals surface area contributed by atoms with Crippen LogP contribution in [0, 0.1) is 0 Å². The molecule has 1 atom stereocenters. The molecule has 0 aliphatic carbocycles.